The van der Waals surface area contributed by atoms with Gasteiger partial charge < -0.3 is 15.0 Å². The molecule has 0 aliphatic carbocycles. The first-order valence-electron chi connectivity index (χ1n) is 8.53. The van der Waals surface area contributed by atoms with Crippen LogP contribution in [-0.2, 0) is 20.7 Å². The Labute approximate surface area is 158 Å². The molecule has 1 heterocycles. The summed E-state index contributed by atoms with van der Waals surface area (Å²) in [6.07, 6.45) is 3.06. The molecular weight excluding hydrogens is 363 g/mol. The maximum absolute atomic E-state index is 12.0. The van der Waals surface area contributed by atoms with Gasteiger partial charge in [-0.15, -0.1) is 0 Å². The zero-order valence-electron chi connectivity index (χ0n) is 14.4. The molecule has 1 N–H and O–H groups in total. The zero-order valence-corrected chi connectivity index (χ0v) is 15.9. The van der Waals surface area contributed by atoms with Crippen molar-refractivity contribution in [3.05, 3.63) is 33.8 Å². The quantitative estimate of drug-likeness (QED) is 0.746. The Bertz CT molecular complexity index is 604. The Morgan fingerprint density at radius 3 is 2.76 bits per heavy atom. The van der Waals surface area contributed by atoms with Crippen molar-refractivity contribution in [1.29, 1.82) is 0 Å². The van der Waals surface area contributed by atoms with Crippen LogP contribution in [0.3, 0.4) is 0 Å². The minimum atomic E-state index is -0.0636. The Morgan fingerprint density at radius 2 is 2.12 bits per heavy atom. The van der Waals surface area contributed by atoms with Gasteiger partial charge in [-0.3, -0.25) is 9.59 Å². The molecule has 2 rings (SSSR count). The number of benzene rings is 1. The lowest BCUT2D eigenvalue weighted by molar-refractivity contribution is -0.129. The van der Waals surface area contributed by atoms with E-state index in [0.29, 0.717) is 36.1 Å². The summed E-state index contributed by atoms with van der Waals surface area (Å²) in [6.45, 7) is 3.71. The molecule has 7 heteroatoms. The third kappa shape index (κ3) is 6.84. The predicted molar refractivity (Wildman–Crippen MR) is 99.0 cm³/mol. The number of rotatable bonds is 8. The summed E-state index contributed by atoms with van der Waals surface area (Å²) in [7, 11) is 0. The fourth-order valence-electron chi connectivity index (χ4n) is 2.76. The van der Waals surface area contributed by atoms with E-state index in [1.807, 2.05) is 6.07 Å². The van der Waals surface area contributed by atoms with Gasteiger partial charge in [0.2, 0.25) is 11.8 Å². The van der Waals surface area contributed by atoms with E-state index in [0.717, 1.165) is 25.0 Å². The van der Waals surface area contributed by atoms with Crippen molar-refractivity contribution >= 4 is 35.0 Å². The van der Waals surface area contributed by atoms with Gasteiger partial charge in [-0.1, -0.05) is 29.3 Å². The highest BCUT2D eigenvalue weighted by atomic mass is 35.5. The molecule has 1 fully saturated rings. The molecule has 0 bridgehead atoms. The molecule has 1 aromatic rings. The van der Waals surface area contributed by atoms with Crippen LogP contribution in [0.2, 0.25) is 10.0 Å². The summed E-state index contributed by atoms with van der Waals surface area (Å²) in [4.78, 5) is 25.4. The maximum atomic E-state index is 12.0. The normalized spacial score (nSPS) is 16.7. The Kier molecular flexibility index (Phi) is 8.00. The largest absolute Gasteiger partial charge is 0.376 e. The summed E-state index contributed by atoms with van der Waals surface area (Å²) in [6, 6.07) is 5.33. The molecule has 0 spiro atoms. The van der Waals surface area contributed by atoms with Crippen LogP contribution in [0.25, 0.3) is 0 Å². The van der Waals surface area contributed by atoms with Gasteiger partial charge in [-0.25, -0.2) is 0 Å². The van der Waals surface area contributed by atoms with Crippen LogP contribution in [-0.4, -0.2) is 49.1 Å². The van der Waals surface area contributed by atoms with E-state index in [2.05, 4.69) is 5.32 Å². The van der Waals surface area contributed by atoms with Gasteiger partial charge >= 0.3 is 0 Å². The number of hydrogen-bond acceptors (Lipinski definition) is 3. The Morgan fingerprint density at radius 1 is 1.32 bits per heavy atom. The Hall–Kier alpha value is -1.30. The van der Waals surface area contributed by atoms with Gasteiger partial charge in [0.1, 0.15) is 0 Å². The molecule has 1 aliphatic heterocycles. The van der Waals surface area contributed by atoms with Crippen LogP contribution in [0.1, 0.15) is 31.7 Å². The highest BCUT2D eigenvalue weighted by Gasteiger charge is 2.17. The second-order valence-electron chi connectivity index (χ2n) is 6.18. The summed E-state index contributed by atoms with van der Waals surface area (Å²) in [5.74, 6) is -0.122. The third-order valence-corrected chi connectivity index (χ3v) is 4.86. The van der Waals surface area contributed by atoms with Crippen LogP contribution >= 0.6 is 23.2 Å². The van der Waals surface area contributed by atoms with E-state index in [1.165, 1.54) is 6.92 Å². The molecule has 138 valence electrons. The highest BCUT2D eigenvalue weighted by Crippen LogP contribution is 2.21. The van der Waals surface area contributed by atoms with Crippen LogP contribution in [0, 0.1) is 0 Å². The summed E-state index contributed by atoms with van der Waals surface area (Å²) >= 11 is 12.0. The molecular formula is C18H24Cl2N2O3. The van der Waals surface area contributed by atoms with Crippen molar-refractivity contribution < 1.29 is 14.3 Å². The number of ether oxygens (including phenoxy) is 1. The summed E-state index contributed by atoms with van der Waals surface area (Å²) in [5, 5.41) is 4.04. The van der Waals surface area contributed by atoms with Gasteiger partial charge in [0.25, 0.3) is 0 Å². The summed E-state index contributed by atoms with van der Waals surface area (Å²) < 4.78 is 5.47. The van der Waals surface area contributed by atoms with Crippen LogP contribution in [0.5, 0.6) is 0 Å². The number of nitrogens with one attached hydrogen (secondary N) is 1. The first-order chi connectivity index (χ1) is 12.0. The van der Waals surface area contributed by atoms with E-state index < -0.39 is 0 Å². The fraction of sp³-hybridized carbons (Fsp3) is 0.556. The minimum absolute atomic E-state index is 0.0583. The zero-order chi connectivity index (χ0) is 18.2. The maximum Gasteiger partial charge on any atom is 0.221 e. The molecule has 25 heavy (non-hydrogen) atoms. The lowest BCUT2D eigenvalue weighted by Crippen LogP contribution is -2.37. The SMILES string of the molecule is CC(=O)N(CCC(=O)NCC1CCCO1)CCc1ccc(Cl)cc1Cl. The van der Waals surface area contributed by atoms with Crippen LogP contribution < -0.4 is 5.32 Å². The molecule has 1 unspecified atom stereocenters. The van der Waals surface area contributed by atoms with Crippen molar-refractivity contribution in [1.82, 2.24) is 10.2 Å². The fourth-order valence-corrected chi connectivity index (χ4v) is 3.27. The van der Waals surface area contributed by atoms with Crippen molar-refractivity contribution in [3.63, 3.8) is 0 Å². The number of nitrogens with zero attached hydrogens (tertiary/aromatic N) is 1. The summed E-state index contributed by atoms with van der Waals surface area (Å²) in [5.41, 5.74) is 0.931. The van der Waals surface area contributed by atoms with Crippen LogP contribution in [0.4, 0.5) is 0 Å². The van der Waals surface area contributed by atoms with Crippen molar-refractivity contribution in [2.24, 2.45) is 0 Å². The predicted octanol–water partition coefficient (Wildman–Crippen LogP) is 3.07. The van der Waals surface area contributed by atoms with Gasteiger partial charge in [-0.05, 0) is 37.0 Å². The van der Waals surface area contributed by atoms with E-state index in [4.69, 9.17) is 27.9 Å². The molecule has 0 aromatic heterocycles. The third-order valence-electron chi connectivity index (χ3n) is 4.27. The number of amides is 2. The van der Waals surface area contributed by atoms with E-state index >= 15 is 0 Å². The second kappa shape index (κ2) is 10.00. The lowest BCUT2D eigenvalue weighted by Gasteiger charge is -2.21. The van der Waals surface area contributed by atoms with Gasteiger partial charge in [0.05, 0.1) is 6.10 Å². The molecule has 5 nitrogen and oxygen atoms in total. The van der Waals surface area contributed by atoms with E-state index in [9.17, 15) is 9.59 Å². The highest BCUT2D eigenvalue weighted by molar-refractivity contribution is 6.35. The van der Waals surface area contributed by atoms with Gasteiger partial charge in [0, 0.05) is 49.6 Å². The van der Waals surface area contributed by atoms with E-state index in [-0.39, 0.29) is 24.3 Å². The van der Waals surface area contributed by atoms with Gasteiger partial charge in [0.15, 0.2) is 0 Å². The molecule has 2 amide bonds. The average Bonchev–Trinajstić information content (AvgIpc) is 3.07. The minimum Gasteiger partial charge on any atom is -0.376 e. The molecule has 0 saturated carbocycles. The van der Waals surface area contributed by atoms with Gasteiger partial charge in [-0.2, -0.15) is 0 Å². The van der Waals surface area contributed by atoms with Crippen molar-refractivity contribution in [3.8, 4) is 0 Å². The average molecular weight is 387 g/mol. The number of hydrogen-bond donors (Lipinski definition) is 1. The molecule has 0 radical (unpaired) electrons. The number of carbonyl (C=O) groups excluding carboxylic acids is 2. The lowest BCUT2D eigenvalue weighted by atomic mass is 10.1. The standard InChI is InChI=1S/C18H24Cl2N2O3/c1-13(23)22(8-6-14-4-5-15(19)11-17(14)20)9-7-18(24)21-12-16-3-2-10-25-16/h4-5,11,16H,2-3,6-10,12H2,1H3,(H,21,24). The second-order valence-corrected chi connectivity index (χ2v) is 7.02. The molecule has 1 aromatic carbocycles. The Balaban J connectivity index is 1.75. The molecule has 1 aliphatic rings. The van der Waals surface area contributed by atoms with E-state index in [1.54, 1.807) is 17.0 Å². The molecule has 1 saturated heterocycles. The van der Waals surface area contributed by atoms with Crippen molar-refractivity contribution in [2.75, 3.05) is 26.2 Å². The molecule has 1 atom stereocenters. The smallest absolute Gasteiger partial charge is 0.221 e. The number of halogens is 2. The van der Waals surface area contributed by atoms with Crippen molar-refractivity contribution in [2.45, 2.75) is 38.7 Å². The van der Waals surface area contributed by atoms with Crippen LogP contribution in [0.15, 0.2) is 18.2 Å². The monoisotopic (exact) mass is 386 g/mol. The first kappa shape index (κ1) is 20.0. The number of carbonyl (C=O) groups is 2. The first-order valence-corrected chi connectivity index (χ1v) is 9.29. The topological polar surface area (TPSA) is 58.6 Å².